The smallest absolute Gasteiger partial charge is 0.305 e. The van der Waals surface area contributed by atoms with E-state index >= 15 is 0 Å². The average molecular weight is 432 g/mol. The second kappa shape index (κ2) is 9.00. The SMILES string of the molecule is Cc1cc(OCn2nc(C)c(NC(=O)c3ccnn3CCC(=O)O)c2C)ccc1Cl. The van der Waals surface area contributed by atoms with Gasteiger partial charge in [0.1, 0.15) is 11.4 Å². The normalized spacial score (nSPS) is 10.8. The Morgan fingerprint density at radius 2 is 1.97 bits per heavy atom. The fourth-order valence-electron chi connectivity index (χ4n) is 2.93. The van der Waals surface area contributed by atoms with Crippen LogP contribution in [0.15, 0.2) is 30.5 Å². The van der Waals surface area contributed by atoms with Gasteiger partial charge in [0.15, 0.2) is 6.73 Å². The molecular formula is C20H22ClN5O4. The maximum absolute atomic E-state index is 12.7. The van der Waals surface area contributed by atoms with Gasteiger partial charge in [0, 0.05) is 11.2 Å². The van der Waals surface area contributed by atoms with Crippen LogP contribution in [0.5, 0.6) is 5.75 Å². The summed E-state index contributed by atoms with van der Waals surface area (Å²) in [7, 11) is 0. The summed E-state index contributed by atoms with van der Waals surface area (Å²) in [6.07, 6.45) is 1.33. The van der Waals surface area contributed by atoms with Gasteiger partial charge in [0.05, 0.1) is 30.0 Å². The number of carboxylic acids is 1. The van der Waals surface area contributed by atoms with E-state index < -0.39 is 11.9 Å². The molecule has 0 spiro atoms. The Labute approximate surface area is 178 Å². The number of anilines is 1. The summed E-state index contributed by atoms with van der Waals surface area (Å²) in [5, 5.41) is 20.8. The van der Waals surface area contributed by atoms with Gasteiger partial charge in [0.25, 0.3) is 5.91 Å². The van der Waals surface area contributed by atoms with Gasteiger partial charge in [-0.05, 0) is 50.6 Å². The van der Waals surface area contributed by atoms with Crippen LogP contribution in [0.2, 0.25) is 5.02 Å². The van der Waals surface area contributed by atoms with Gasteiger partial charge < -0.3 is 15.2 Å². The molecule has 9 nitrogen and oxygen atoms in total. The first-order valence-corrected chi connectivity index (χ1v) is 9.62. The lowest BCUT2D eigenvalue weighted by molar-refractivity contribution is -0.137. The molecule has 0 saturated heterocycles. The van der Waals surface area contributed by atoms with E-state index in [1.807, 2.05) is 19.9 Å². The predicted molar refractivity (Wildman–Crippen MR) is 111 cm³/mol. The van der Waals surface area contributed by atoms with E-state index in [0.29, 0.717) is 22.2 Å². The third-order valence-electron chi connectivity index (χ3n) is 4.59. The number of carbonyl (C=O) groups is 2. The number of aryl methyl sites for hydroxylation is 3. The Hall–Kier alpha value is -3.33. The number of hydrogen-bond donors (Lipinski definition) is 2. The summed E-state index contributed by atoms with van der Waals surface area (Å²) in [6.45, 7) is 5.78. The number of carboxylic acid groups (broad SMARTS) is 1. The number of aromatic nitrogens is 4. The third kappa shape index (κ3) is 4.80. The van der Waals surface area contributed by atoms with E-state index in [0.717, 1.165) is 11.3 Å². The Morgan fingerprint density at radius 3 is 2.67 bits per heavy atom. The highest BCUT2D eigenvalue weighted by molar-refractivity contribution is 6.31. The Bertz CT molecular complexity index is 1090. The first-order chi connectivity index (χ1) is 14.3. The van der Waals surface area contributed by atoms with Crippen LogP contribution >= 0.6 is 11.6 Å². The lowest BCUT2D eigenvalue weighted by atomic mass is 10.2. The van der Waals surface area contributed by atoms with Crippen molar-refractivity contribution in [1.82, 2.24) is 19.6 Å². The van der Waals surface area contributed by atoms with Crippen LogP contribution in [0, 0.1) is 20.8 Å². The molecule has 0 radical (unpaired) electrons. The summed E-state index contributed by atoms with van der Waals surface area (Å²) in [5.74, 6) is -0.684. The van der Waals surface area contributed by atoms with Crippen molar-refractivity contribution in [2.24, 2.45) is 0 Å². The van der Waals surface area contributed by atoms with Crippen molar-refractivity contribution >= 4 is 29.2 Å². The minimum absolute atomic E-state index is 0.108. The molecule has 0 saturated carbocycles. The zero-order valence-electron chi connectivity index (χ0n) is 16.8. The topological polar surface area (TPSA) is 111 Å². The molecule has 158 valence electrons. The molecule has 0 bridgehead atoms. The van der Waals surface area contributed by atoms with E-state index in [1.165, 1.54) is 16.9 Å². The minimum atomic E-state index is -0.958. The van der Waals surface area contributed by atoms with Gasteiger partial charge in [-0.1, -0.05) is 11.6 Å². The molecule has 1 amide bonds. The summed E-state index contributed by atoms with van der Waals surface area (Å²) < 4.78 is 8.80. The molecule has 0 aliphatic rings. The van der Waals surface area contributed by atoms with Crippen molar-refractivity contribution in [1.29, 1.82) is 0 Å². The molecule has 0 fully saturated rings. The van der Waals surface area contributed by atoms with Gasteiger partial charge in [0.2, 0.25) is 0 Å². The zero-order chi connectivity index (χ0) is 21.8. The Morgan fingerprint density at radius 1 is 1.20 bits per heavy atom. The van der Waals surface area contributed by atoms with E-state index in [-0.39, 0.29) is 25.4 Å². The highest BCUT2D eigenvalue weighted by Crippen LogP contribution is 2.23. The number of rotatable bonds is 8. The second-order valence-electron chi connectivity index (χ2n) is 6.77. The van der Waals surface area contributed by atoms with Crippen LogP contribution < -0.4 is 10.1 Å². The van der Waals surface area contributed by atoms with E-state index in [2.05, 4.69) is 15.5 Å². The number of benzene rings is 1. The molecule has 10 heteroatoms. The van der Waals surface area contributed by atoms with Gasteiger partial charge in [-0.2, -0.15) is 10.2 Å². The fourth-order valence-corrected chi connectivity index (χ4v) is 3.05. The van der Waals surface area contributed by atoms with Crippen LogP contribution in [0.25, 0.3) is 0 Å². The fraction of sp³-hybridized carbons (Fsp3) is 0.300. The highest BCUT2D eigenvalue weighted by atomic mass is 35.5. The van der Waals surface area contributed by atoms with Crippen LogP contribution in [0.1, 0.15) is 33.9 Å². The highest BCUT2D eigenvalue weighted by Gasteiger charge is 2.18. The number of carbonyl (C=O) groups excluding carboxylic acids is 1. The van der Waals surface area contributed by atoms with Crippen molar-refractivity contribution in [3.05, 3.63) is 58.1 Å². The molecule has 0 aliphatic heterocycles. The summed E-state index contributed by atoms with van der Waals surface area (Å²) in [4.78, 5) is 23.5. The number of halogens is 1. The summed E-state index contributed by atoms with van der Waals surface area (Å²) >= 11 is 6.04. The largest absolute Gasteiger partial charge is 0.481 e. The van der Waals surface area contributed by atoms with Crippen molar-refractivity contribution in [3.8, 4) is 5.75 Å². The van der Waals surface area contributed by atoms with E-state index in [9.17, 15) is 9.59 Å². The third-order valence-corrected chi connectivity index (χ3v) is 5.01. The molecule has 3 aromatic rings. The maximum Gasteiger partial charge on any atom is 0.305 e. The number of amides is 1. The van der Waals surface area contributed by atoms with Gasteiger partial charge >= 0.3 is 5.97 Å². The Kier molecular flexibility index (Phi) is 6.41. The molecule has 2 heterocycles. The zero-order valence-corrected chi connectivity index (χ0v) is 17.6. The average Bonchev–Trinajstić information content (AvgIpc) is 3.27. The monoisotopic (exact) mass is 431 g/mol. The summed E-state index contributed by atoms with van der Waals surface area (Å²) in [6, 6.07) is 6.93. The van der Waals surface area contributed by atoms with Crippen molar-refractivity contribution in [3.63, 3.8) is 0 Å². The minimum Gasteiger partial charge on any atom is -0.481 e. The lowest BCUT2D eigenvalue weighted by Gasteiger charge is -2.10. The molecule has 2 aromatic heterocycles. The standard InChI is InChI=1S/C20H22ClN5O4/c1-12-10-15(4-5-16(12)21)30-11-26-14(3)19(13(2)24-26)23-20(29)17-6-8-22-25(17)9-7-18(27)28/h4-6,8,10H,7,9,11H2,1-3H3,(H,23,29)(H,27,28). The van der Waals surface area contributed by atoms with Crippen LogP contribution in [-0.2, 0) is 18.1 Å². The van der Waals surface area contributed by atoms with E-state index in [4.69, 9.17) is 21.4 Å². The van der Waals surface area contributed by atoms with Gasteiger partial charge in [-0.15, -0.1) is 0 Å². The molecular weight excluding hydrogens is 410 g/mol. The number of ether oxygens (including phenoxy) is 1. The van der Waals surface area contributed by atoms with Crippen molar-refractivity contribution in [2.45, 2.75) is 40.5 Å². The molecule has 0 unspecified atom stereocenters. The molecule has 2 N–H and O–H groups in total. The first-order valence-electron chi connectivity index (χ1n) is 9.24. The maximum atomic E-state index is 12.7. The molecule has 1 aromatic carbocycles. The van der Waals surface area contributed by atoms with Crippen molar-refractivity contribution in [2.75, 3.05) is 5.32 Å². The molecule has 30 heavy (non-hydrogen) atoms. The second-order valence-corrected chi connectivity index (χ2v) is 7.17. The van der Waals surface area contributed by atoms with Gasteiger partial charge in [-0.3, -0.25) is 14.3 Å². The lowest BCUT2D eigenvalue weighted by Crippen LogP contribution is -2.19. The van der Waals surface area contributed by atoms with Gasteiger partial charge in [-0.25, -0.2) is 4.68 Å². The number of nitrogens with zero attached hydrogens (tertiary/aromatic N) is 4. The number of aliphatic carboxylic acids is 1. The quantitative estimate of drug-likeness (QED) is 0.565. The Balaban J connectivity index is 1.71. The van der Waals surface area contributed by atoms with Crippen LogP contribution in [0.4, 0.5) is 5.69 Å². The number of nitrogens with one attached hydrogen (secondary N) is 1. The summed E-state index contributed by atoms with van der Waals surface area (Å²) in [5.41, 5.74) is 3.11. The van der Waals surface area contributed by atoms with Crippen LogP contribution in [0.3, 0.4) is 0 Å². The molecule has 0 atom stereocenters. The van der Waals surface area contributed by atoms with E-state index in [1.54, 1.807) is 23.7 Å². The van der Waals surface area contributed by atoms with Crippen LogP contribution in [-0.4, -0.2) is 36.5 Å². The first kappa shape index (κ1) is 21.4. The van der Waals surface area contributed by atoms with Crippen molar-refractivity contribution < 1.29 is 19.4 Å². The predicted octanol–water partition coefficient (Wildman–Crippen LogP) is 3.42. The molecule has 3 rings (SSSR count). The number of hydrogen-bond acceptors (Lipinski definition) is 5. The molecule has 0 aliphatic carbocycles.